The molecule has 0 atom stereocenters. The number of amides is 3. The number of imide groups is 1. The summed E-state index contributed by atoms with van der Waals surface area (Å²) in [6, 6.07) is 25.8. The van der Waals surface area contributed by atoms with Gasteiger partial charge < -0.3 is 9.88 Å². The van der Waals surface area contributed by atoms with Gasteiger partial charge in [-0.05, 0) is 30.2 Å². The fraction of sp³-hybridized carbons (Fsp3) is 0.111. The fourth-order valence-electron chi connectivity index (χ4n) is 4.16. The van der Waals surface area contributed by atoms with Gasteiger partial charge in [-0.2, -0.15) is 0 Å². The number of hydrogen-bond donors (Lipinski definition) is 1. The van der Waals surface area contributed by atoms with E-state index in [0.717, 1.165) is 34.1 Å². The van der Waals surface area contributed by atoms with Gasteiger partial charge in [-0.3, -0.25) is 9.69 Å². The zero-order chi connectivity index (χ0) is 22.1. The highest BCUT2D eigenvalue weighted by Crippen LogP contribution is 2.26. The first-order valence-electron chi connectivity index (χ1n) is 10.6. The molecule has 0 radical (unpaired) electrons. The van der Waals surface area contributed by atoms with Crippen molar-refractivity contribution in [3.63, 3.8) is 0 Å². The number of carbonyl (C=O) groups excluding carboxylic acids is 2. The van der Waals surface area contributed by atoms with Gasteiger partial charge in [-0.1, -0.05) is 78.4 Å². The summed E-state index contributed by atoms with van der Waals surface area (Å²) in [5.41, 5.74) is 5.49. The maximum Gasteiger partial charge on any atom is 0.329 e. The highest BCUT2D eigenvalue weighted by molar-refractivity contribution is 6.14. The van der Waals surface area contributed by atoms with E-state index >= 15 is 0 Å². The van der Waals surface area contributed by atoms with Crippen LogP contribution in [0, 0.1) is 6.92 Å². The van der Waals surface area contributed by atoms with Gasteiger partial charge in [0.2, 0.25) is 0 Å². The fourth-order valence-corrected chi connectivity index (χ4v) is 4.16. The smallest absolute Gasteiger partial charge is 0.329 e. The van der Waals surface area contributed by atoms with Crippen LogP contribution in [0.4, 0.5) is 4.79 Å². The first-order chi connectivity index (χ1) is 15.6. The number of carbonyl (C=O) groups is 2. The molecule has 3 amide bonds. The van der Waals surface area contributed by atoms with Crippen LogP contribution < -0.4 is 5.32 Å². The Hall–Kier alpha value is -4.12. The van der Waals surface area contributed by atoms with Crippen molar-refractivity contribution in [2.24, 2.45) is 0 Å². The Balaban J connectivity index is 1.46. The Morgan fingerprint density at radius 3 is 2.41 bits per heavy atom. The first-order valence-corrected chi connectivity index (χ1v) is 10.6. The van der Waals surface area contributed by atoms with Crippen LogP contribution in [0.2, 0.25) is 0 Å². The number of fused-ring (bicyclic) bond motifs is 1. The zero-order valence-corrected chi connectivity index (χ0v) is 17.8. The third kappa shape index (κ3) is 3.81. The Morgan fingerprint density at radius 1 is 0.844 bits per heavy atom. The molecule has 0 bridgehead atoms. The van der Waals surface area contributed by atoms with Gasteiger partial charge in [0.25, 0.3) is 5.91 Å². The second-order valence-electron chi connectivity index (χ2n) is 8.08. The lowest BCUT2D eigenvalue weighted by molar-refractivity contribution is -0.123. The number of hydrogen-bond acceptors (Lipinski definition) is 2. The monoisotopic (exact) mass is 421 g/mol. The number of aryl methyl sites for hydroxylation is 1. The van der Waals surface area contributed by atoms with Crippen LogP contribution in [-0.4, -0.2) is 21.4 Å². The van der Waals surface area contributed by atoms with Gasteiger partial charge in [-0.15, -0.1) is 0 Å². The quantitative estimate of drug-likeness (QED) is 0.360. The average Bonchev–Trinajstić information content (AvgIpc) is 3.27. The molecule has 0 aliphatic carbocycles. The van der Waals surface area contributed by atoms with Gasteiger partial charge in [0.05, 0.1) is 6.54 Å². The van der Waals surface area contributed by atoms with E-state index in [0.29, 0.717) is 5.70 Å². The molecule has 0 saturated carbocycles. The van der Waals surface area contributed by atoms with Crippen molar-refractivity contribution < 1.29 is 9.59 Å². The molecule has 158 valence electrons. The van der Waals surface area contributed by atoms with Crippen molar-refractivity contribution in [1.82, 2.24) is 14.8 Å². The van der Waals surface area contributed by atoms with Crippen molar-refractivity contribution in [3.8, 4) is 0 Å². The molecule has 2 heterocycles. The van der Waals surface area contributed by atoms with Crippen LogP contribution in [-0.2, 0) is 17.9 Å². The molecule has 1 saturated heterocycles. The molecular formula is C27H23N3O2. The Morgan fingerprint density at radius 2 is 1.59 bits per heavy atom. The largest absolute Gasteiger partial charge is 0.342 e. The van der Waals surface area contributed by atoms with Gasteiger partial charge >= 0.3 is 6.03 Å². The molecule has 32 heavy (non-hydrogen) atoms. The zero-order valence-electron chi connectivity index (χ0n) is 17.8. The van der Waals surface area contributed by atoms with Crippen LogP contribution in [0.1, 0.15) is 22.3 Å². The Kier molecular flexibility index (Phi) is 5.07. The number of aromatic nitrogens is 1. The van der Waals surface area contributed by atoms with Gasteiger partial charge in [0, 0.05) is 29.2 Å². The third-order valence-electron chi connectivity index (χ3n) is 5.70. The molecule has 5 heteroatoms. The minimum absolute atomic E-state index is 0.249. The molecule has 5 rings (SSSR count). The van der Waals surface area contributed by atoms with Crippen LogP contribution in [0.15, 0.2) is 90.8 Å². The van der Waals surface area contributed by atoms with E-state index < -0.39 is 6.03 Å². The lowest BCUT2D eigenvalue weighted by Gasteiger charge is -2.12. The molecule has 0 spiro atoms. The summed E-state index contributed by atoms with van der Waals surface area (Å²) < 4.78 is 2.17. The first kappa shape index (κ1) is 19.8. The van der Waals surface area contributed by atoms with E-state index in [2.05, 4.69) is 28.1 Å². The molecule has 1 aliphatic heterocycles. The van der Waals surface area contributed by atoms with E-state index in [1.54, 1.807) is 6.08 Å². The van der Waals surface area contributed by atoms with E-state index in [1.807, 2.05) is 73.8 Å². The van der Waals surface area contributed by atoms with Gasteiger partial charge in [-0.25, -0.2) is 4.79 Å². The highest BCUT2D eigenvalue weighted by atomic mass is 16.2. The van der Waals surface area contributed by atoms with Crippen molar-refractivity contribution >= 4 is 28.9 Å². The summed E-state index contributed by atoms with van der Waals surface area (Å²) in [4.78, 5) is 26.8. The van der Waals surface area contributed by atoms with Crippen molar-refractivity contribution in [2.75, 3.05) is 0 Å². The number of benzene rings is 3. The van der Waals surface area contributed by atoms with Crippen LogP contribution in [0.5, 0.6) is 0 Å². The standard InChI is InChI=1S/C27H23N3O2/c1-19-8-7-11-21(14-19)17-30-26(31)24(28-27(30)32)15-22-18-29(16-20-9-3-2-4-10-20)25-13-6-5-12-23(22)25/h2-15,18H,16-17H2,1H3,(H,28,32)/b24-15+. The molecule has 1 aliphatic rings. The molecule has 4 aromatic rings. The van der Waals surface area contributed by atoms with Crippen LogP contribution in [0.25, 0.3) is 17.0 Å². The minimum Gasteiger partial charge on any atom is -0.342 e. The number of nitrogens with zero attached hydrogens (tertiary/aromatic N) is 2. The normalized spacial score (nSPS) is 15.0. The Labute approximate surface area is 186 Å². The number of para-hydroxylation sites is 1. The van der Waals surface area contributed by atoms with Gasteiger partial charge in [0.15, 0.2) is 0 Å². The topological polar surface area (TPSA) is 54.3 Å². The molecule has 1 N–H and O–H groups in total. The van der Waals surface area contributed by atoms with E-state index in [4.69, 9.17) is 0 Å². The molecular weight excluding hydrogens is 398 g/mol. The number of urea groups is 1. The third-order valence-corrected chi connectivity index (χ3v) is 5.70. The maximum absolute atomic E-state index is 13.0. The van der Waals surface area contributed by atoms with E-state index in [1.165, 1.54) is 10.5 Å². The lowest BCUT2D eigenvalue weighted by Crippen LogP contribution is -2.30. The van der Waals surface area contributed by atoms with E-state index in [-0.39, 0.29) is 12.5 Å². The van der Waals surface area contributed by atoms with Crippen molar-refractivity contribution in [1.29, 1.82) is 0 Å². The van der Waals surface area contributed by atoms with Gasteiger partial charge in [0.1, 0.15) is 5.70 Å². The summed E-state index contributed by atoms with van der Waals surface area (Å²) in [6.45, 7) is 2.97. The second kappa shape index (κ2) is 8.19. The summed E-state index contributed by atoms with van der Waals surface area (Å²) in [7, 11) is 0. The second-order valence-corrected chi connectivity index (χ2v) is 8.08. The molecule has 0 unspecified atom stereocenters. The maximum atomic E-state index is 13.0. The number of rotatable bonds is 5. The highest BCUT2D eigenvalue weighted by Gasteiger charge is 2.33. The summed E-state index contributed by atoms with van der Waals surface area (Å²) in [6.07, 6.45) is 3.81. The SMILES string of the molecule is Cc1cccc(CN2C(=O)N/C(=C/c3cn(Cc4ccccc4)c4ccccc34)C2=O)c1. The number of nitrogens with one attached hydrogen (secondary N) is 1. The van der Waals surface area contributed by atoms with Crippen LogP contribution >= 0.6 is 0 Å². The lowest BCUT2D eigenvalue weighted by atomic mass is 10.1. The summed E-state index contributed by atoms with van der Waals surface area (Å²) in [5.74, 6) is -0.309. The van der Waals surface area contributed by atoms with Crippen molar-refractivity contribution in [2.45, 2.75) is 20.0 Å². The summed E-state index contributed by atoms with van der Waals surface area (Å²) in [5, 5.41) is 3.79. The predicted molar refractivity (Wildman–Crippen MR) is 126 cm³/mol. The molecule has 1 fully saturated rings. The molecule has 3 aromatic carbocycles. The summed E-state index contributed by atoms with van der Waals surface area (Å²) >= 11 is 0. The van der Waals surface area contributed by atoms with Crippen LogP contribution in [0.3, 0.4) is 0 Å². The van der Waals surface area contributed by atoms with E-state index in [9.17, 15) is 9.59 Å². The molecule has 1 aromatic heterocycles. The van der Waals surface area contributed by atoms with Crippen molar-refractivity contribution in [3.05, 3.63) is 113 Å². The average molecular weight is 422 g/mol. The predicted octanol–water partition coefficient (Wildman–Crippen LogP) is 5.09. The minimum atomic E-state index is -0.393. The Bertz CT molecular complexity index is 1350. The molecule has 5 nitrogen and oxygen atoms in total.